The maximum absolute atomic E-state index is 5.75. The van der Waals surface area contributed by atoms with Gasteiger partial charge in [0.05, 0.1) is 11.4 Å². The zero-order valence-corrected chi connectivity index (χ0v) is 18.2. The molecule has 2 N–H and O–H groups in total. The minimum atomic E-state index is 0.257. The molecule has 1 atom stereocenters. The number of aryl methyl sites for hydroxylation is 1. The van der Waals surface area contributed by atoms with Crippen molar-refractivity contribution >= 4 is 0 Å². The molecule has 0 aliphatic carbocycles. The first-order chi connectivity index (χ1) is 13.6. The van der Waals surface area contributed by atoms with Crippen molar-refractivity contribution < 1.29 is 0 Å². The fourth-order valence-electron chi connectivity index (χ4n) is 3.75. The average Bonchev–Trinajstić information content (AvgIpc) is 2.71. The minimum absolute atomic E-state index is 0.257. The van der Waals surface area contributed by atoms with E-state index in [0.717, 1.165) is 38.9 Å². The molecule has 0 aliphatic heterocycles. The van der Waals surface area contributed by atoms with Gasteiger partial charge in [-0.1, -0.05) is 39.3 Å². The summed E-state index contributed by atoms with van der Waals surface area (Å²) in [5.41, 5.74) is 10.9. The van der Waals surface area contributed by atoms with E-state index in [1.165, 1.54) is 35.4 Å². The highest BCUT2D eigenvalue weighted by Crippen LogP contribution is 2.27. The highest BCUT2D eigenvalue weighted by molar-refractivity contribution is 5.25. The third kappa shape index (κ3) is 6.39. The molecular formula is C24H38N4. The molecule has 0 amide bonds. The van der Waals surface area contributed by atoms with Crippen molar-refractivity contribution in [2.45, 2.75) is 78.3 Å². The van der Waals surface area contributed by atoms with Crippen LogP contribution < -0.4 is 5.73 Å². The van der Waals surface area contributed by atoms with Gasteiger partial charge in [-0.05, 0) is 74.9 Å². The van der Waals surface area contributed by atoms with Crippen LogP contribution in [0.1, 0.15) is 87.9 Å². The lowest BCUT2D eigenvalue weighted by Gasteiger charge is -2.30. The van der Waals surface area contributed by atoms with Crippen LogP contribution in [0.25, 0.3) is 0 Å². The Hall–Kier alpha value is -1.78. The summed E-state index contributed by atoms with van der Waals surface area (Å²) in [7, 11) is 0. The average molecular weight is 383 g/mol. The number of pyridine rings is 2. The van der Waals surface area contributed by atoms with Crippen molar-refractivity contribution in [2.24, 2.45) is 5.73 Å². The Morgan fingerprint density at radius 1 is 1.00 bits per heavy atom. The number of rotatable bonds is 12. The van der Waals surface area contributed by atoms with E-state index < -0.39 is 0 Å². The molecule has 4 nitrogen and oxygen atoms in total. The lowest BCUT2D eigenvalue weighted by atomic mass is 9.99. The quantitative estimate of drug-likeness (QED) is 0.510. The van der Waals surface area contributed by atoms with Gasteiger partial charge in [-0.2, -0.15) is 0 Å². The van der Waals surface area contributed by atoms with Crippen molar-refractivity contribution in [3.63, 3.8) is 0 Å². The Morgan fingerprint density at radius 2 is 1.75 bits per heavy atom. The van der Waals surface area contributed by atoms with Gasteiger partial charge in [-0.15, -0.1) is 0 Å². The molecule has 0 fully saturated rings. The molecule has 2 rings (SSSR count). The second-order valence-electron chi connectivity index (χ2n) is 7.99. The van der Waals surface area contributed by atoms with Crippen molar-refractivity contribution in [3.8, 4) is 0 Å². The summed E-state index contributed by atoms with van der Waals surface area (Å²) in [6.07, 6.45) is 9.50. The zero-order chi connectivity index (χ0) is 20.4. The summed E-state index contributed by atoms with van der Waals surface area (Å²) in [6.45, 7) is 11.6. The minimum Gasteiger partial charge on any atom is -0.330 e. The van der Waals surface area contributed by atoms with Crippen LogP contribution in [-0.2, 0) is 13.0 Å². The van der Waals surface area contributed by atoms with Crippen LogP contribution in [0.4, 0.5) is 0 Å². The van der Waals surface area contributed by atoms with E-state index in [-0.39, 0.29) is 6.04 Å². The van der Waals surface area contributed by atoms with E-state index in [0.29, 0.717) is 5.92 Å². The lowest BCUT2D eigenvalue weighted by molar-refractivity contribution is 0.190. The van der Waals surface area contributed by atoms with E-state index in [2.05, 4.69) is 50.8 Å². The molecule has 0 radical (unpaired) electrons. The van der Waals surface area contributed by atoms with Gasteiger partial charge in [0.2, 0.25) is 0 Å². The summed E-state index contributed by atoms with van der Waals surface area (Å²) in [5.74, 6) is 0.472. The highest BCUT2D eigenvalue weighted by atomic mass is 15.2. The van der Waals surface area contributed by atoms with Crippen molar-refractivity contribution in [2.75, 3.05) is 13.1 Å². The molecule has 0 spiro atoms. The van der Waals surface area contributed by atoms with E-state index >= 15 is 0 Å². The predicted molar refractivity (Wildman–Crippen MR) is 118 cm³/mol. The number of hydrogen-bond donors (Lipinski definition) is 1. The molecule has 0 aromatic carbocycles. The molecule has 0 bridgehead atoms. The monoisotopic (exact) mass is 382 g/mol. The molecule has 1 unspecified atom stereocenters. The van der Waals surface area contributed by atoms with Crippen LogP contribution in [0.2, 0.25) is 0 Å². The van der Waals surface area contributed by atoms with Crippen molar-refractivity contribution in [3.05, 3.63) is 59.2 Å². The van der Waals surface area contributed by atoms with Crippen LogP contribution in [0.3, 0.4) is 0 Å². The van der Waals surface area contributed by atoms with Gasteiger partial charge in [0.1, 0.15) is 0 Å². The van der Waals surface area contributed by atoms with Crippen molar-refractivity contribution in [1.82, 2.24) is 14.9 Å². The van der Waals surface area contributed by atoms with Crippen molar-refractivity contribution in [1.29, 1.82) is 0 Å². The Labute approximate surface area is 171 Å². The van der Waals surface area contributed by atoms with Gasteiger partial charge in [-0.3, -0.25) is 14.9 Å². The van der Waals surface area contributed by atoms with Crippen LogP contribution in [0.5, 0.6) is 0 Å². The van der Waals surface area contributed by atoms with Gasteiger partial charge in [0, 0.05) is 25.0 Å². The van der Waals surface area contributed by atoms with Gasteiger partial charge >= 0.3 is 0 Å². The fraction of sp³-hybridized carbons (Fsp3) is 0.583. The Bertz CT molecular complexity index is 699. The second-order valence-corrected chi connectivity index (χ2v) is 7.99. The number of nitrogens with zero attached hydrogens (tertiary/aromatic N) is 3. The summed E-state index contributed by atoms with van der Waals surface area (Å²) in [6, 6.07) is 8.82. The molecule has 2 aromatic heterocycles. The first-order valence-electron chi connectivity index (χ1n) is 10.9. The largest absolute Gasteiger partial charge is 0.330 e. The third-order valence-electron chi connectivity index (χ3n) is 5.47. The van der Waals surface area contributed by atoms with Crippen LogP contribution in [0.15, 0.2) is 36.7 Å². The predicted octanol–water partition coefficient (Wildman–Crippen LogP) is 5.24. The molecule has 0 aliphatic rings. The number of nitrogens with two attached hydrogens (primary N) is 1. The van der Waals surface area contributed by atoms with Gasteiger partial charge in [0.15, 0.2) is 0 Å². The molecule has 0 saturated carbocycles. The summed E-state index contributed by atoms with van der Waals surface area (Å²) in [5, 5.41) is 0. The number of aromatic nitrogens is 2. The lowest BCUT2D eigenvalue weighted by Crippen LogP contribution is -2.30. The van der Waals surface area contributed by atoms with Gasteiger partial charge in [0.25, 0.3) is 0 Å². The maximum atomic E-state index is 5.75. The zero-order valence-electron chi connectivity index (χ0n) is 18.2. The molecule has 0 saturated heterocycles. The summed E-state index contributed by atoms with van der Waals surface area (Å²) < 4.78 is 0. The highest BCUT2D eigenvalue weighted by Gasteiger charge is 2.21. The number of hydrogen-bond acceptors (Lipinski definition) is 4. The van der Waals surface area contributed by atoms with E-state index in [9.17, 15) is 0 Å². The Morgan fingerprint density at radius 3 is 2.46 bits per heavy atom. The third-order valence-corrected chi connectivity index (χ3v) is 5.47. The summed E-state index contributed by atoms with van der Waals surface area (Å²) in [4.78, 5) is 12.1. The molecule has 2 heterocycles. The van der Waals surface area contributed by atoms with Crippen LogP contribution >= 0.6 is 0 Å². The molecule has 28 heavy (non-hydrogen) atoms. The Balaban J connectivity index is 2.28. The second kappa shape index (κ2) is 11.9. The Kier molecular flexibility index (Phi) is 9.59. The molecule has 2 aromatic rings. The van der Waals surface area contributed by atoms with E-state index in [4.69, 9.17) is 15.7 Å². The standard InChI is InChI=1S/C24H38N4/c1-5-6-11-21-12-9-16-27-24(21)20(4)28(17-8-7-14-25)18-23-22(19(2)3)13-10-15-26-23/h9-10,12-13,15-16,19-20H,5-8,11,14,17-18,25H2,1-4H3. The maximum Gasteiger partial charge on any atom is 0.0604 e. The van der Waals surface area contributed by atoms with E-state index in [1.807, 2.05) is 18.5 Å². The smallest absolute Gasteiger partial charge is 0.0604 e. The fourth-order valence-corrected chi connectivity index (χ4v) is 3.75. The first-order valence-corrected chi connectivity index (χ1v) is 10.9. The SMILES string of the molecule is CCCCc1cccnc1C(C)N(CCCCN)Cc1ncccc1C(C)C. The normalized spacial score (nSPS) is 12.7. The first kappa shape index (κ1) is 22.5. The van der Waals surface area contributed by atoms with Gasteiger partial charge in [-0.25, -0.2) is 0 Å². The number of unbranched alkanes of at least 4 members (excludes halogenated alkanes) is 2. The summed E-state index contributed by atoms with van der Waals surface area (Å²) >= 11 is 0. The molecular weight excluding hydrogens is 344 g/mol. The topological polar surface area (TPSA) is 55.0 Å². The van der Waals surface area contributed by atoms with E-state index in [1.54, 1.807) is 0 Å². The van der Waals surface area contributed by atoms with Crippen LogP contribution in [0, 0.1) is 0 Å². The van der Waals surface area contributed by atoms with Crippen LogP contribution in [-0.4, -0.2) is 28.0 Å². The molecule has 154 valence electrons. The molecule has 4 heteroatoms. The van der Waals surface area contributed by atoms with Gasteiger partial charge < -0.3 is 5.73 Å².